The minimum atomic E-state index is -1.08. The van der Waals surface area contributed by atoms with E-state index >= 15 is 0 Å². The van der Waals surface area contributed by atoms with Gasteiger partial charge in [-0.15, -0.1) is 0 Å². The molecule has 0 rings (SSSR count). The monoisotopic (exact) mass is 249 g/mol. The summed E-state index contributed by atoms with van der Waals surface area (Å²) >= 11 is 4.96. The van der Waals surface area contributed by atoms with Crippen LogP contribution in [0.1, 0.15) is 27.2 Å². The highest BCUT2D eigenvalue weighted by Crippen LogP contribution is 2.21. The van der Waals surface area contributed by atoms with Gasteiger partial charge in [0.2, 0.25) is 0 Å². The van der Waals surface area contributed by atoms with E-state index in [1.165, 1.54) is 0 Å². The number of nitrogens with two attached hydrogens (primary N) is 1. The standard InChI is InChI=1S/C9H23N3OSSi/c1-9(2,3)6-7(13-15(4)5)11-8(14)12-10/h7,15H,6,10H2,1-5H3,(H2,11,12,14). The third kappa shape index (κ3) is 8.80. The molecule has 6 heteroatoms. The molecule has 0 fully saturated rings. The topological polar surface area (TPSA) is 59.3 Å². The molecule has 0 saturated heterocycles. The maximum Gasteiger partial charge on any atom is 0.182 e. The first-order chi connectivity index (χ1) is 6.74. The van der Waals surface area contributed by atoms with Crippen molar-refractivity contribution in [2.75, 3.05) is 0 Å². The number of hydrogen-bond acceptors (Lipinski definition) is 3. The summed E-state index contributed by atoms with van der Waals surface area (Å²) in [7, 11) is -1.08. The predicted octanol–water partition coefficient (Wildman–Crippen LogP) is 1.09. The van der Waals surface area contributed by atoms with Gasteiger partial charge in [0.15, 0.2) is 14.2 Å². The average molecular weight is 249 g/mol. The van der Waals surface area contributed by atoms with E-state index in [0.29, 0.717) is 5.11 Å². The van der Waals surface area contributed by atoms with Gasteiger partial charge in [-0.25, -0.2) is 5.84 Å². The maximum absolute atomic E-state index is 5.84. The van der Waals surface area contributed by atoms with Gasteiger partial charge < -0.3 is 15.2 Å². The van der Waals surface area contributed by atoms with E-state index in [4.69, 9.17) is 22.5 Å². The van der Waals surface area contributed by atoms with Crippen LogP contribution in [0.15, 0.2) is 0 Å². The Bertz CT molecular complexity index is 206. The van der Waals surface area contributed by atoms with E-state index in [9.17, 15) is 0 Å². The lowest BCUT2D eigenvalue weighted by atomic mass is 9.91. The van der Waals surface area contributed by atoms with Crippen molar-refractivity contribution >= 4 is 26.4 Å². The van der Waals surface area contributed by atoms with E-state index < -0.39 is 9.04 Å². The van der Waals surface area contributed by atoms with Crippen LogP contribution in [0.5, 0.6) is 0 Å². The van der Waals surface area contributed by atoms with Gasteiger partial charge >= 0.3 is 0 Å². The molecular weight excluding hydrogens is 226 g/mol. The Morgan fingerprint density at radius 2 is 2.00 bits per heavy atom. The van der Waals surface area contributed by atoms with Crippen LogP contribution in [0.2, 0.25) is 13.1 Å². The van der Waals surface area contributed by atoms with Crippen LogP contribution in [0.25, 0.3) is 0 Å². The molecule has 0 aliphatic carbocycles. The normalized spacial score (nSPS) is 13.8. The summed E-state index contributed by atoms with van der Waals surface area (Å²) in [6.45, 7) is 10.8. The average Bonchev–Trinajstić information content (AvgIpc) is 1.99. The predicted molar refractivity (Wildman–Crippen MR) is 70.9 cm³/mol. The number of thiocarbonyl (C=S) groups is 1. The Hall–Kier alpha value is -0.173. The van der Waals surface area contributed by atoms with Gasteiger partial charge in [0.05, 0.1) is 0 Å². The van der Waals surface area contributed by atoms with E-state index in [2.05, 4.69) is 44.6 Å². The zero-order valence-corrected chi connectivity index (χ0v) is 12.2. The first-order valence-corrected chi connectivity index (χ1v) is 8.36. The summed E-state index contributed by atoms with van der Waals surface area (Å²) in [5.74, 6) is 5.22. The molecule has 0 aromatic rings. The quantitative estimate of drug-likeness (QED) is 0.229. The summed E-state index contributed by atoms with van der Waals surface area (Å²) in [6.07, 6.45) is 0.861. The van der Waals surface area contributed by atoms with E-state index in [1.54, 1.807) is 0 Å². The first-order valence-electron chi connectivity index (χ1n) is 5.17. The Morgan fingerprint density at radius 1 is 1.47 bits per heavy atom. The molecule has 0 spiro atoms. The van der Waals surface area contributed by atoms with Gasteiger partial charge in [-0.2, -0.15) is 0 Å². The summed E-state index contributed by atoms with van der Waals surface area (Å²) in [4.78, 5) is 0. The van der Waals surface area contributed by atoms with Crippen molar-refractivity contribution < 1.29 is 4.43 Å². The van der Waals surface area contributed by atoms with E-state index in [-0.39, 0.29) is 11.6 Å². The van der Waals surface area contributed by atoms with E-state index in [1.807, 2.05) is 0 Å². The molecule has 0 aliphatic rings. The third-order valence-electron chi connectivity index (χ3n) is 1.66. The molecule has 0 aromatic carbocycles. The lowest BCUT2D eigenvalue weighted by molar-refractivity contribution is 0.132. The summed E-state index contributed by atoms with van der Waals surface area (Å²) in [5, 5.41) is 3.49. The van der Waals surface area contributed by atoms with Crippen LogP contribution in [0.3, 0.4) is 0 Å². The molecule has 0 heterocycles. The minimum Gasteiger partial charge on any atom is -0.401 e. The van der Waals surface area contributed by atoms with Gasteiger partial charge in [-0.3, -0.25) is 0 Å². The van der Waals surface area contributed by atoms with Gasteiger partial charge in [0, 0.05) is 0 Å². The first kappa shape index (κ1) is 14.8. The van der Waals surface area contributed by atoms with Gasteiger partial charge in [0.1, 0.15) is 6.23 Å². The molecule has 1 unspecified atom stereocenters. The van der Waals surface area contributed by atoms with E-state index in [0.717, 1.165) is 6.42 Å². The van der Waals surface area contributed by atoms with Crippen molar-refractivity contribution in [3.05, 3.63) is 0 Å². The smallest absolute Gasteiger partial charge is 0.182 e. The fourth-order valence-corrected chi connectivity index (χ4v) is 2.16. The highest BCUT2D eigenvalue weighted by molar-refractivity contribution is 7.80. The number of hydrazine groups is 1. The Morgan fingerprint density at radius 3 is 2.33 bits per heavy atom. The minimum absolute atomic E-state index is 0.0415. The SMILES string of the molecule is C[SiH](C)OC(CC(C)(C)C)NC(=S)NN. The van der Waals surface area contributed by atoms with Crippen LogP contribution in [0.4, 0.5) is 0 Å². The number of nitrogens with one attached hydrogen (secondary N) is 2. The maximum atomic E-state index is 5.84. The summed E-state index contributed by atoms with van der Waals surface area (Å²) in [6, 6.07) is 0. The Labute approximate surface area is 99.6 Å². The zero-order chi connectivity index (χ0) is 12.1. The van der Waals surface area contributed by atoms with Crippen molar-refractivity contribution in [3.8, 4) is 0 Å². The summed E-state index contributed by atoms with van der Waals surface area (Å²) in [5.41, 5.74) is 2.61. The zero-order valence-electron chi connectivity index (χ0n) is 10.3. The molecule has 90 valence electrons. The lowest BCUT2D eigenvalue weighted by Gasteiger charge is -2.29. The number of hydrogen-bond donors (Lipinski definition) is 3. The van der Waals surface area contributed by atoms with Crippen molar-refractivity contribution in [1.29, 1.82) is 0 Å². The fraction of sp³-hybridized carbons (Fsp3) is 0.889. The summed E-state index contributed by atoms with van der Waals surface area (Å²) < 4.78 is 5.84. The molecule has 1 atom stereocenters. The molecule has 0 bridgehead atoms. The van der Waals surface area contributed by atoms with Crippen LogP contribution in [-0.2, 0) is 4.43 Å². The second-order valence-corrected chi connectivity index (χ2v) is 7.83. The van der Waals surface area contributed by atoms with Crippen molar-refractivity contribution in [3.63, 3.8) is 0 Å². The van der Waals surface area contributed by atoms with Gasteiger partial charge in [-0.05, 0) is 37.1 Å². The Kier molecular flexibility index (Phi) is 6.34. The molecule has 4 nitrogen and oxygen atoms in total. The largest absolute Gasteiger partial charge is 0.401 e. The van der Waals surface area contributed by atoms with Crippen LogP contribution in [0, 0.1) is 5.41 Å². The molecule has 0 aliphatic heterocycles. The van der Waals surface area contributed by atoms with Crippen LogP contribution in [-0.4, -0.2) is 20.4 Å². The second kappa shape index (κ2) is 6.42. The van der Waals surface area contributed by atoms with Crippen molar-refractivity contribution in [2.45, 2.75) is 46.5 Å². The lowest BCUT2D eigenvalue weighted by Crippen LogP contribution is -2.48. The molecule has 0 radical (unpaired) electrons. The molecule has 0 aromatic heterocycles. The molecular formula is C9H23N3OSSi. The Balaban J connectivity index is 4.25. The van der Waals surface area contributed by atoms with Crippen LogP contribution >= 0.6 is 12.2 Å². The second-order valence-electron chi connectivity index (χ2n) is 5.06. The fourth-order valence-electron chi connectivity index (χ4n) is 1.21. The van der Waals surface area contributed by atoms with Crippen molar-refractivity contribution in [2.24, 2.45) is 11.3 Å². The molecule has 0 saturated carbocycles. The van der Waals surface area contributed by atoms with Crippen molar-refractivity contribution in [1.82, 2.24) is 10.7 Å². The molecule has 0 amide bonds. The van der Waals surface area contributed by atoms with Gasteiger partial charge in [-0.1, -0.05) is 20.8 Å². The number of rotatable bonds is 4. The molecule has 4 N–H and O–H groups in total. The highest BCUT2D eigenvalue weighted by atomic mass is 32.1. The highest BCUT2D eigenvalue weighted by Gasteiger charge is 2.20. The van der Waals surface area contributed by atoms with Gasteiger partial charge in [0.25, 0.3) is 0 Å². The molecule has 15 heavy (non-hydrogen) atoms. The third-order valence-corrected chi connectivity index (χ3v) is 2.77. The van der Waals surface area contributed by atoms with Crippen LogP contribution < -0.4 is 16.6 Å².